The molecule has 0 aliphatic carbocycles. The van der Waals surface area contributed by atoms with E-state index >= 15 is 0 Å². The smallest absolute Gasteiger partial charge is 0.726 e. The first kappa shape index (κ1) is 43.0. The summed E-state index contributed by atoms with van der Waals surface area (Å²) in [7, 11) is -4.58. The van der Waals surface area contributed by atoms with Gasteiger partial charge in [-0.05, 0) is 18.8 Å². The van der Waals surface area contributed by atoms with Gasteiger partial charge in [0, 0.05) is 0 Å². The van der Waals surface area contributed by atoms with Crippen molar-refractivity contribution in [2.45, 2.75) is 206 Å². The van der Waals surface area contributed by atoms with E-state index in [1.54, 1.807) is 0 Å². The summed E-state index contributed by atoms with van der Waals surface area (Å²) in [5, 5.41) is 0. The van der Waals surface area contributed by atoms with Crippen molar-refractivity contribution < 1.29 is 46.7 Å². The number of rotatable bonds is 33. The number of hydrogen-bond donors (Lipinski definition) is 0. The van der Waals surface area contributed by atoms with E-state index in [4.69, 9.17) is 0 Å². The van der Waals surface area contributed by atoms with Gasteiger partial charge >= 0.3 is 29.6 Å². The van der Waals surface area contributed by atoms with Crippen molar-refractivity contribution in [3.63, 3.8) is 0 Å². The van der Waals surface area contributed by atoms with Gasteiger partial charge in [-0.3, -0.25) is 4.18 Å². The SMILES string of the molecule is CCCCCCCCCCCCCCCCCCCCCCC(CCCCCCCCCC)COS(=O)(=O)[O-].[Na+]. The normalized spacial score (nSPS) is 12.5. The van der Waals surface area contributed by atoms with Gasteiger partial charge < -0.3 is 4.55 Å². The van der Waals surface area contributed by atoms with Crippen molar-refractivity contribution in [2.75, 3.05) is 6.61 Å². The van der Waals surface area contributed by atoms with Crippen LogP contribution in [0.25, 0.3) is 0 Å². The average molecular weight is 597 g/mol. The van der Waals surface area contributed by atoms with Crippen molar-refractivity contribution >= 4 is 10.4 Å². The predicted octanol–water partition coefficient (Wildman–Crippen LogP) is 8.83. The fraction of sp³-hybridized carbons (Fsp3) is 1.00. The molecular weight excluding hydrogens is 527 g/mol. The fourth-order valence-corrected chi connectivity index (χ4v) is 6.10. The summed E-state index contributed by atoms with van der Waals surface area (Å²) >= 11 is 0. The molecule has 0 radical (unpaired) electrons. The first-order valence-electron chi connectivity index (χ1n) is 17.6. The Kier molecular flexibility index (Phi) is 36.9. The van der Waals surface area contributed by atoms with Crippen molar-refractivity contribution in [3.8, 4) is 0 Å². The molecular formula is C34H69NaO4S. The summed E-state index contributed by atoms with van der Waals surface area (Å²) in [5.41, 5.74) is 0. The topological polar surface area (TPSA) is 66.4 Å². The Hall–Kier alpha value is 0.870. The van der Waals surface area contributed by atoms with E-state index in [-0.39, 0.29) is 42.1 Å². The molecule has 0 rings (SSSR count). The van der Waals surface area contributed by atoms with Crippen LogP contribution in [0.3, 0.4) is 0 Å². The maximum atomic E-state index is 10.9. The molecule has 0 spiro atoms. The molecule has 0 amide bonds. The Morgan fingerprint density at radius 1 is 0.450 bits per heavy atom. The van der Waals surface area contributed by atoms with Crippen LogP contribution in [0, 0.1) is 5.92 Å². The van der Waals surface area contributed by atoms with E-state index in [0.29, 0.717) is 0 Å². The molecule has 1 unspecified atom stereocenters. The molecule has 0 bridgehead atoms. The first-order chi connectivity index (χ1) is 19.0. The maximum Gasteiger partial charge on any atom is 1.00 e. The van der Waals surface area contributed by atoms with Crippen LogP contribution in [0.2, 0.25) is 0 Å². The van der Waals surface area contributed by atoms with Gasteiger partial charge in [-0.25, -0.2) is 8.42 Å². The fourth-order valence-electron chi connectivity index (χ4n) is 5.75. The zero-order valence-electron chi connectivity index (χ0n) is 27.5. The van der Waals surface area contributed by atoms with Crippen LogP contribution >= 0.6 is 0 Å². The van der Waals surface area contributed by atoms with Gasteiger partial charge in [-0.1, -0.05) is 194 Å². The van der Waals surface area contributed by atoms with Crippen molar-refractivity contribution in [3.05, 3.63) is 0 Å². The second kappa shape index (κ2) is 34.4. The van der Waals surface area contributed by atoms with E-state index in [9.17, 15) is 13.0 Å². The molecule has 236 valence electrons. The molecule has 0 aromatic heterocycles. The molecule has 0 aliphatic heterocycles. The molecule has 0 heterocycles. The summed E-state index contributed by atoms with van der Waals surface area (Å²) < 4.78 is 37.4. The van der Waals surface area contributed by atoms with Gasteiger partial charge in [0.2, 0.25) is 10.4 Å². The van der Waals surface area contributed by atoms with Crippen LogP contribution in [0.4, 0.5) is 0 Å². The molecule has 1 atom stereocenters. The monoisotopic (exact) mass is 596 g/mol. The van der Waals surface area contributed by atoms with E-state index < -0.39 is 10.4 Å². The molecule has 0 aromatic rings. The van der Waals surface area contributed by atoms with Crippen LogP contribution < -0.4 is 29.6 Å². The number of unbranched alkanes of at least 4 members (excludes halogenated alkanes) is 26. The molecule has 6 heteroatoms. The predicted molar refractivity (Wildman–Crippen MR) is 169 cm³/mol. The first-order valence-corrected chi connectivity index (χ1v) is 18.9. The maximum absolute atomic E-state index is 10.9. The molecule has 0 saturated heterocycles. The zero-order chi connectivity index (χ0) is 28.7. The third kappa shape index (κ3) is 36.9. The van der Waals surface area contributed by atoms with Crippen LogP contribution in [0.15, 0.2) is 0 Å². The second-order valence-electron chi connectivity index (χ2n) is 12.3. The van der Waals surface area contributed by atoms with E-state index in [0.717, 1.165) is 25.7 Å². The van der Waals surface area contributed by atoms with Gasteiger partial charge in [-0.15, -0.1) is 0 Å². The minimum Gasteiger partial charge on any atom is -0.726 e. The Balaban J connectivity index is 0. The minimum atomic E-state index is -4.58. The Morgan fingerprint density at radius 3 is 0.900 bits per heavy atom. The van der Waals surface area contributed by atoms with Crippen LogP contribution in [0.5, 0.6) is 0 Å². The van der Waals surface area contributed by atoms with Gasteiger partial charge in [0.25, 0.3) is 0 Å². The van der Waals surface area contributed by atoms with Gasteiger partial charge in [-0.2, -0.15) is 0 Å². The summed E-state index contributed by atoms with van der Waals surface area (Å²) in [6.45, 7) is 4.60. The molecule has 0 fully saturated rings. The van der Waals surface area contributed by atoms with Crippen LogP contribution in [-0.2, 0) is 14.6 Å². The second-order valence-corrected chi connectivity index (χ2v) is 13.4. The third-order valence-electron chi connectivity index (χ3n) is 8.38. The Morgan fingerprint density at radius 2 is 0.675 bits per heavy atom. The molecule has 0 aromatic carbocycles. The van der Waals surface area contributed by atoms with E-state index in [2.05, 4.69) is 18.0 Å². The van der Waals surface area contributed by atoms with Crippen LogP contribution in [0.1, 0.15) is 206 Å². The largest absolute Gasteiger partial charge is 1.00 e. The molecule has 4 nitrogen and oxygen atoms in total. The Bertz CT molecular complexity index is 570. The zero-order valence-corrected chi connectivity index (χ0v) is 30.4. The minimum absolute atomic E-state index is 0. The summed E-state index contributed by atoms with van der Waals surface area (Å²) in [4.78, 5) is 0. The van der Waals surface area contributed by atoms with E-state index in [1.807, 2.05) is 0 Å². The molecule has 0 saturated carbocycles. The molecule has 0 N–H and O–H groups in total. The quantitative estimate of drug-likeness (QED) is 0.0329. The molecule has 40 heavy (non-hydrogen) atoms. The summed E-state index contributed by atoms with van der Waals surface area (Å²) in [6, 6.07) is 0. The van der Waals surface area contributed by atoms with Gasteiger partial charge in [0.1, 0.15) is 0 Å². The van der Waals surface area contributed by atoms with Crippen molar-refractivity contribution in [1.29, 1.82) is 0 Å². The number of hydrogen-bond acceptors (Lipinski definition) is 4. The average Bonchev–Trinajstić information content (AvgIpc) is 2.91. The third-order valence-corrected chi connectivity index (χ3v) is 8.80. The summed E-state index contributed by atoms with van der Waals surface area (Å²) in [5.74, 6) is 0.198. The van der Waals surface area contributed by atoms with Gasteiger partial charge in [0.15, 0.2) is 0 Å². The molecule has 0 aliphatic rings. The Labute approximate surface area is 274 Å². The summed E-state index contributed by atoms with van der Waals surface area (Å²) in [6.07, 6.45) is 39.7. The standard InChI is InChI=1S/C34H70O4S.Na/c1-3-5-7-9-11-13-14-15-16-17-18-19-20-21-22-23-24-26-28-30-32-34(33-38-39(35,36)37)31-29-27-25-12-10-8-6-4-2;/h34H,3-33H2,1-2H3,(H,35,36,37);/q;+1/p-1. The van der Waals surface area contributed by atoms with Crippen molar-refractivity contribution in [2.24, 2.45) is 5.92 Å². The van der Waals surface area contributed by atoms with E-state index in [1.165, 1.54) is 167 Å². The van der Waals surface area contributed by atoms with Crippen molar-refractivity contribution in [1.82, 2.24) is 0 Å². The van der Waals surface area contributed by atoms with Crippen LogP contribution in [-0.4, -0.2) is 19.6 Å². The van der Waals surface area contributed by atoms with Gasteiger partial charge in [0.05, 0.1) is 6.61 Å².